The highest BCUT2D eigenvalue weighted by atomic mass is 14.7. The summed E-state index contributed by atoms with van der Waals surface area (Å²) in [6, 6.07) is 48.1. The van der Waals surface area contributed by atoms with E-state index < -0.39 is 0 Å². The van der Waals surface area contributed by atoms with Crippen molar-refractivity contribution in [3.05, 3.63) is 133 Å². The molecule has 0 bridgehead atoms. The van der Waals surface area contributed by atoms with Crippen molar-refractivity contribution in [1.29, 1.82) is 0 Å². The van der Waals surface area contributed by atoms with Crippen LogP contribution in [-0.4, -0.2) is 9.97 Å². The molecule has 0 aliphatic rings. The van der Waals surface area contributed by atoms with Crippen molar-refractivity contribution >= 4 is 43.6 Å². The Balaban J connectivity index is 1.32. The molecule has 38 heavy (non-hydrogen) atoms. The van der Waals surface area contributed by atoms with Crippen LogP contribution in [0.5, 0.6) is 0 Å². The molecule has 8 aromatic rings. The van der Waals surface area contributed by atoms with Crippen LogP contribution in [0, 0.1) is 0 Å². The summed E-state index contributed by atoms with van der Waals surface area (Å²) in [6.07, 6.45) is 0. The number of hydrogen-bond donors (Lipinski definition) is 2. The van der Waals surface area contributed by atoms with Crippen LogP contribution in [0.25, 0.3) is 77.0 Å². The van der Waals surface area contributed by atoms with Crippen molar-refractivity contribution in [2.45, 2.75) is 0 Å². The van der Waals surface area contributed by atoms with Gasteiger partial charge in [-0.1, -0.05) is 97.1 Å². The molecular formula is C36H24N2. The van der Waals surface area contributed by atoms with Gasteiger partial charge in [-0.2, -0.15) is 0 Å². The second-order valence-corrected chi connectivity index (χ2v) is 9.95. The third-order valence-electron chi connectivity index (χ3n) is 7.78. The molecule has 0 atom stereocenters. The normalized spacial score (nSPS) is 11.7. The Morgan fingerprint density at radius 2 is 0.658 bits per heavy atom. The van der Waals surface area contributed by atoms with Gasteiger partial charge in [-0.15, -0.1) is 0 Å². The molecule has 2 heteroatoms. The first-order chi connectivity index (χ1) is 18.8. The molecule has 0 radical (unpaired) electrons. The third kappa shape index (κ3) is 3.21. The number of aromatic amines is 2. The van der Waals surface area contributed by atoms with Gasteiger partial charge >= 0.3 is 0 Å². The van der Waals surface area contributed by atoms with Crippen LogP contribution in [0.2, 0.25) is 0 Å². The average Bonchev–Trinajstić information content (AvgIpc) is 3.55. The van der Waals surface area contributed by atoms with Crippen LogP contribution in [0.15, 0.2) is 133 Å². The van der Waals surface area contributed by atoms with E-state index in [-0.39, 0.29) is 0 Å². The van der Waals surface area contributed by atoms with Crippen molar-refractivity contribution in [2.24, 2.45) is 0 Å². The third-order valence-corrected chi connectivity index (χ3v) is 7.78. The van der Waals surface area contributed by atoms with E-state index in [0.717, 1.165) is 0 Å². The first-order valence-electron chi connectivity index (χ1n) is 13.0. The van der Waals surface area contributed by atoms with Gasteiger partial charge in [0, 0.05) is 43.6 Å². The molecule has 6 aromatic carbocycles. The van der Waals surface area contributed by atoms with Gasteiger partial charge in [-0.3, -0.25) is 0 Å². The number of benzene rings is 6. The van der Waals surface area contributed by atoms with Crippen molar-refractivity contribution in [1.82, 2.24) is 9.97 Å². The number of aromatic nitrogens is 2. The van der Waals surface area contributed by atoms with Crippen LogP contribution < -0.4 is 0 Å². The lowest BCUT2D eigenvalue weighted by molar-refractivity contribution is 1.53. The summed E-state index contributed by atoms with van der Waals surface area (Å²) in [6.45, 7) is 0. The summed E-state index contributed by atoms with van der Waals surface area (Å²) in [7, 11) is 0. The highest BCUT2D eigenvalue weighted by Crippen LogP contribution is 2.40. The van der Waals surface area contributed by atoms with Gasteiger partial charge < -0.3 is 9.97 Å². The molecule has 178 valence electrons. The molecule has 0 spiro atoms. The van der Waals surface area contributed by atoms with E-state index in [1.54, 1.807) is 0 Å². The van der Waals surface area contributed by atoms with Crippen LogP contribution in [0.3, 0.4) is 0 Å². The number of fused-ring (bicyclic) bond motifs is 6. The van der Waals surface area contributed by atoms with Crippen molar-refractivity contribution in [3.63, 3.8) is 0 Å². The van der Waals surface area contributed by atoms with E-state index >= 15 is 0 Å². The second kappa shape index (κ2) is 8.22. The van der Waals surface area contributed by atoms with Gasteiger partial charge in [0.05, 0.1) is 0 Å². The van der Waals surface area contributed by atoms with Crippen LogP contribution in [0.1, 0.15) is 0 Å². The number of hydrogen-bond acceptors (Lipinski definition) is 0. The number of H-pyrrole nitrogens is 2. The Hall–Kier alpha value is -5.08. The smallest absolute Gasteiger partial charge is 0.0465 e. The largest absolute Gasteiger partial charge is 0.355 e. The Labute approximate surface area is 220 Å². The fourth-order valence-corrected chi connectivity index (χ4v) is 5.97. The minimum atomic E-state index is 1.17. The lowest BCUT2D eigenvalue weighted by Gasteiger charge is -2.15. The first-order valence-corrected chi connectivity index (χ1v) is 13.0. The SMILES string of the molecule is c1ccc(-c2ccccc2-c2ccc3[nH]c4ccccc4c3c2)c(-c2ccc3[nH]c4ccccc4c3c2)c1. The maximum absolute atomic E-state index is 3.56. The summed E-state index contributed by atoms with van der Waals surface area (Å²) in [4.78, 5) is 7.11. The van der Waals surface area contributed by atoms with Crippen LogP contribution in [-0.2, 0) is 0 Å². The fourth-order valence-electron chi connectivity index (χ4n) is 5.97. The maximum atomic E-state index is 3.56. The number of rotatable bonds is 3. The van der Waals surface area contributed by atoms with Gasteiger partial charge in [-0.05, 0) is 69.8 Å². The van der Waals surface area contributed by atoms with Crippen molar-refractivity contribution < 1.29 is 0 Å². The molecule has 0 aliphatic heterocycles. The molecule has 0 saturated heterocycles. The number of nitrogens with one attached hydrogen (secondary N) is 2. The molecule has 0 amide bonds. The molecule has 8 rings (SSSR count). The predicted octanol–water partition coefficient (Wildman–Crippen LogP) is 9.96. The monoisotopic (exact) mass is 484 g/mol. The van der Waals surface area contributed by atoms with E-state index in [4.69, 9.17) is 0 Å². The van der Waals surface area contributed by atoms with Crippen LogP contribution >= 0.6 is 0 Å². The number of para-hydroxylation sites is 2. The molecule has 0 unspecified atom stereocenters. The minimum absolute atomic E-state index is 1.17. The van der Waals surface area contributed by atoms with Gasteiger partial charge in [0.25, 0.3) is 0 Å². The summed E-state index contributed by atoms with van der Waals surface area (Å²) in [5.41, 5.74) is 12.1. The Bertz CT molecular complexity index is 1990. The molecule has 0 fully saturated rings. The predicted molar refractivity (Wildman–Crippen MR) is 161 cm³/mol. The summed E-state index contributed by atoms with van der Waals surface area (Å²) < 4.78 is 0. The summed E-state index contributed by atoms with van der Waals surface area (Å²) >= 11 is 0. The van der Waals surface area contributed by atoms with E-state index in [1.807, 2.05) is 0 Å². The summed E-state index contributed by atoms with van der Waals surface area (Å²) in [5, 5.41) is 5.03. The van der Waals surface area contributed by atoms with Crippen molar-refractivity contribution in [2.75, 3.05) is 0 Å². The first kappa shape index (κ1) is 21.0. The Kier molecular flexibility index (Phi) is 4.55. The molecule has 2 heterocycles. The Morgan fingerprint density at radius 1 is 0.289 bits per heavy atom. The zero-order chi connectivity index (χ0) is 25.1. The van der Waals surface area contributed by atoms with Crippen LogP contribution in [0.4, 0.5) is 0 Å². The molecule has 2 N–H and O–H groups in total. The zero-order valence-electron chi connectivity index (χ0n) is 20.7. The van der Waals surface area contributed by atoms with E-state index in [1.165, 1.54) is 77.0 Å². The highest BCUT2D eigenvalue weighted by molar-refractivity contribution is 6.10. The zero-order valence-corrected chi connectivity index (χ0v) is 20.7. The Morgan fingerprint density at radius 3 is 1.13 bits per heavy atom. The van der Waals surface area contributed by atoms with E-state index in [2.05, 4.69) is 143 Å². The van der Waals surface area contributed by atoms with Gasteiger partial charge in [0.2, 0.25) is 0 Å². The quantitative estimate of drug-likeness (QED) is 0.250. The lowest BCUT2D eigenvalue weighted by Crippen LogP contribution is -1.89. The minimum Gasteiger partial charge on any atom is -0.355 e. The van der Waals surface area contributed by atoms with E-state index in [9.17, 15) is 0 Å². The van der Waals surface area contributed by atoms with Gasteiger partial charge in [0.1, 0.15) is 0 Å². The molecule has 2 aromatic heterocycles. The van der Waals surface area contributed by atoms with Gasteiger partial charge in [0.15, 0.2) is 0 Å². The van der Waals surface area contributed by atoms with E-state index in [0.29, 0.717) is 0 Å². The second-order valence-electron chi connectivity index (χ2n) is 9.95. The molecule has 0 saturated carbocycles. The maximum Gasteiger partial charge on any atom is 0.0465 e. The lowest BCUT2D eigenvalue weighted by atomic mass is 9.89. The van der Waals surface area contributed by atoms with Crippen molar-refractivity contribution in [3.8, 4) is 33.4 Å². The highest BCUT2D eigenvalue weighted by Gasteiger charge is 2.14. The standard InChI is InChI=1S/C36H24N2/c1-3-11-27(25(9-1)23-17-19-35-31(21-23)29-13-5-7-15-33(29)37-35)28-12-4-2-10-26(28)24-18-20-36-32(22-24)30-14-6-8-16-34(30)38-36/h1-22,37-38H. The fraction of sp³-hybridized carbons (Fsp3) is 0. The van der Waals surface area contributed by atoms with Gasteiger partial charge in [-0.25, -0.2) is 0 Å². The summed E-state index contributed by atoms with van der Waals surface area (Å²) in [5.74, 6) is 0. The molecule has 0 aliphatic carbocycles. The molecule has 2 nitrogen and oxygen atoms in total. The molecular weight excluding hydrogens is 460 g/mol. The average molecular weight is 485 g/mol. The topological polar surface area (TPSA) is 31.6 Å².